The van der Waals surface area contributed by atoms with Crippen LogP contribution in [0.5, 0.6) is 0 Å². The lowest BCUT2D eigenvalue weighted by Gasteiger charge is -2.38. The molecule has 0 aromatic rings. The molecule has 0 saturated heterocycles. The van der Waals surface area contributed by atoms with Crippen molar-refractivity contribution in [2.75, 3.05) is 20.0 Å². The van der Waals surface area contributed by atoms with Gasteiger partial charge in [0.15, 0.2) is 0 Å². The molecule has 3 nitrogen and oxygen atoms in total. The summed E-state index contributed by atoms with van der Waals surface area (Å²) < 4.78 is 22.0. The van der Waals surface area contributed by atoms with Crippen molar-refractivity contribution in [1.82, 2.24) is 0 Å². The normalized spacial score (nSPS) is 14.5. The summed E-state index contributed by atoms with van der Waals surface area (Å²) >= 11 is 0. The van der Waals surface area contributed by atoms with Crippen LogP contribution in [0.15, 0.2) is 0 Å². The van der Waals surface area contributed by atoms with Gasteiger partial charge in [-0.05, 0) is 5.04 Å². The lowest BCUT2D eigenvalue weighted by molar-refractivity contribution is 0.279. The lowest BCUT2D eigenvalue weighted by atomic mass is 10.2. The molecule has 86 valence electrons. The second kappa shape index (κ2) is 4.48. The van der Waals surface area contributed by atoms with E-state index in [1.165, 1.54) is 14.2 Å². The quantitative estimate of drug-likeness (QED) is 0.555. The van der Waals surface area contributed by atoms with E-state index >= 15 is 0 Å². The van der Waals surface area contributed by atoms with E-state index < -0.39 is 15.7 Å². The highest BCUT2D eigenvalue weighted by atomic mass is 31.2. The summed E-state index contributed by atoms with van der Waals surface area (Å²) in [7, 11) is -1.52. The second-order valence-electron chi connectivity index (χ2n) is 5.27. The first-order valence-electron chi connectivity index (χ1n) is 4.78. The summed E-state index contributed by atoms with van der Waals surface area (Å²) in [5, 5.41) is 0.208. The smallest absolute Gasteiger partial charge is 0.312 e. The fourth-order valence-corrected chi connectivity index (χ4v) is 7.88. The highest BCUT2D eigenvalue weighted by Crippen LogP contribution is 2.52. The van der Waals surface area contributed by atoms with Gasteiger partial charge in [0.1, 0.15) is 0 Å². The number of rotatable bonds is 4. The Morgan fingerprint density at radius 3 is 1.71 bits per heavy atom. The van der Waals surface area contributed by atoms with Gasteiger partial charge in [-0.2, -0.15) is 0 Å². The minimum absolute atomic E-state index is 0.208. The van der Waals surface area contributed by atoms with Crippen molar-refractivity contribution in [3.8, 4) is 0 Å². The van der Waals surface area contributed by atoms with Gasteiger partial charge in [-0.1, -0.05) is 33.9 Å². The number of hydrogen-bond donors (Lipinski definition) is 0. The SMILES string of the molecule is COP(=O)(C[Si](C)(C)C(C)(C)C)OC. The Bertz CT molecular complexity index is 225. The molecule has 0 heterocycles. The van der Waals surface area contributed by atoms with Crippen LogP contribution < -0.4 is 0 Å². The summed E-state index contributed by atoms with van der Waals surface area (Å²) in [6, 6.07) is 0. The Kier molecular flexibility index (Phi) is 4.60. The van der Waals surface area contributed by atoms with Crippen molar-refractivity contribution >= 4 is 15.7 Å². The first-order chi connectivity index (χ1) is 6.08. The maximum atomic E-state index is 12.0. The molecule has 0 aliphatic carbocycles. The highest BCUT2D eigenvalue weighted by Gasteiger charge is 2.41. The van der Waals surface area contributed by atoms with Crippen LogP contribution >= 0.6 is 7.60 Å². The van der Waals surface area contributed by atoms with Gasteiger partial charge < -0.3 is 9.05 Å². The third kappa shape index (κ3) is 3.50. The molecule has 5 heteroatoms. The fourth-order valence-electron chi connectivity index (χ4n) is 0.925. The molecule has 0 bridgehead atoms. The van der Waals surface area contributed by atoms with Crippen molar-refractivity contribution in [1.29, 1.82) is 0 Å². The van der Waals surface area contributed by atoms with Crippen LogP contribution in [0.4, 0.5) is 0 Å². The van der Waals surface area contributed by atoms with Gasteiger partial charge in [-0.3, -0.25) is 4.57 Å². The molecule has 0 unspecified atom stereocenters. The van der Waals surface area contributed by atoms with E-state index in [-0.39, 0.29) is 5.04 Å². The zero-order valence-corrected chi connectivity index (χ0v) is 12.3. The van der Waals surface area contributed by atoms with Crippen LogP contribution in [-0.4, -0.2) is 28.1 Å². The average Bonchev–Trinajstić information content (AvgIpc) is 2.01. The molecule has 0 fully saturated rings. The first kappa shape index (κ1) is 14.4. The van der Waals surface area contributed by atoms with Crippen molar-refractivity contribution in [3.63, 3.8) is 0 Å². The average molecular weight is 238 g/mol. The van der Waals surface area contributed by atoms with Gasteiger partial charge in [0.25, 0.3) is 0 Å². The zero-order chi connectivity index (χ0) is 11.6. The molecule has 14 heavy (non-hydrogen) atoms. The van der Waals surface area contributed by atoms with Crippen LogP contribution in [0, 0.1) is 0 Å². The minimum atomic E-state index is -2.84. The van der Waals surface area contributed by atoms with Crippen molar-refractivity contribution in [2.24, 2.45) is 0 Å². The van der Waals surface area contributed by atoms with Crippen molar-refractivity contribution < 1.29 is 13.6 Å². The molecule has 0 atom stereocenters. The molecule has 0 radical (unpaired) electrons. The van der Waals surface area contributed by atoms with E-state index in [2.05, 4.69) is 33.9 Å². The predicted octanol–water partition coefficient (Wildman–Crippen LogP) is 3.52. The van der Waals surface area contributed by atoms with Gasteiger partial charge >= 0.3 is 7.60 Å². The van der Waals surface area contributed by atoms with Crippen LogP contribution in [0.2, 0.25) is 18.1 Å². The van der Waals surface area contributed by atoms with Crippen LogP contribution in [0.1, 0.15) is 20.8 Å². The lowest BCUT2D eigenvalue weighted by Crippen LogP contribution is -2.41. The Labute approximate surface area is 88.7 Å². The first-order valence-corrected chi connectivity index (χ1v) is 9.72. The minimum Gasteiger partial charge on any atom is -0.312 e. The van der Waals surface area contributed by atoms with Crippen molar-refractivity contribution in [2.45, 2.75) is 38.9 Å². The third-order valence-corrected chi connectivity index (χ3v) is 13.1. The van der Waals surface area contributed by atoms with Gasteiger partial charge in [0, 0.05) is 20.0 Å². The van der Waals surface area contributed by atoms with Gasteiger partial charge in [-0.15, -0.1) is 0 Å². The largest absolute Gasteiger partial charge is 0.327 e. The van der Waals surface area contributed by atoms with Gasteiger partial charge in [-0.25, -0.2) is 0 Å². The van der Waals surface area contributed by atoms with E-state index in [4.69, 9.17) is 9.05 Å². The van der Waals surface area contributed by atoms with E-state index in [1.54, 1.807) is 0 Å². The summed E-state index contributed by atoms with van der Waals surface area (Å²) in [6.45, 7) is 11.0. The van der Waals surface area contributed by atoms with Crippen LogP contribution in [0.25, 0.3) is 0 Å². The standard InChI is InChI=1S/C9H23O3PSi/c1-9(2,3)14(6,7)8-13(10,11-4)12-5/h8H2,1-7H3. The summed E-state index contributed by atoms with van der Waals surface area (Å²) in [5.41, 5.74) is 0. The Morgan fingerprint density at radius 2 is 1.50 bits per heavy atom. The topological polar surface area (TPSA) is 35.5 Å². The molecule has 0 aromatic carbocycles. The van der Waals surface area contributed by atoms with E-state index in [0.29, 0.717) is 5.79 Å². The summed E-state index contributed by atoms with van der Waals surface area (Å²) in [5.74, 6) is 0.580. The monoisotopic (exact) mass is 238 g/mol. The molecule has 0 rings (SSSR count). The molecular weight excluding hydrogens is 215 g/mol. The molecule has 0 aliphatic rings. The number of hydrogen-bond acceptors (Lipinski definition) is 3. The molecule has 0 amide bonds. The summed E-state index contributed by atoms with van der Waals surface area (Å²) in [6.07, 6.45) is 0. The Morgan fingerprint density at radius 1 is 1.14 bits per heavy atom. The molecular formula is C9H23O3PSi. The highest BCUT2D eigenvalue weighted by molar-refractivity contribution is 7.57. The maximum Gasteiger partial charge on any atom is 0.327 e. The Balaban J connectivity index is 4.74. The summed E-state index contributed by atoms with van der Waals surface area (Å²) in [4.78, 5) is 0. The van der Waals surface area contributed by atoms with Crippen LogP contribution in [0.3, 0.4) is 0 Å². The van der Waals surface area contributed by atoms with Gasteiger partial charge in [0.2, 0.25) is 0 Å². The zero-order valence-electron chi connectivity index (χ0n) is 10.4. The second-order valence-corrected chi connectivity index (χ2v) is 13.8. The van der Waals surface area contributed by atoms with Crippen molar-refractivity contribution in [3.05, 3.63) is 0 Å². The fraction of sp³-hybridized carbons (Fsp3) is 1.00. The van der Waals surface area contributed by atoms with Crippen LogP contribution in [-0.2, 0) is 13.6 Å². The molecule has 0 spiro atoms. The Hall–Kier alpha value is 0.367. The third-order valence-electron chi connectivity index (χ3n) is 3.18. The molecule has 0 saturated carbocycles. The van der Waals surface area contributed by atoms with E-state index in [0.717, 1.165) is 0 Å². The molecule has 0 N–H and O–H groups in total. The van der Waals surface area contributed by atoms with Gasteiger partial charge in [0.05, 0.1) is 8.07 Å². The molecule has 0 aromatic heterocycles. The van der Waals surface area contributed by atoms with E-state index in [1.807, 2.05) is 0 Å². The maximum absolute atomic E-state index is 12.0. The van der Waals surface area contributed by atoms with E-state index in [9.17, 15) is 4.57 Å². The predicted molar refractivity (Wildman–Crippen MR) is 63.7 cm³/mol. The molecule has 0 aliphatic heterocycles.